The first-order chi connectivity index (χ1) is 15.7. The Balaban J connectivity index is 1.52. The first-order valence-corrected chi connectivity index (χ1v) is 17.4. The number of aliphatic hydroxyl groups is 1. The van der Waals surface area contributed by atoms with E-state index in [1.807, 2.05) is 6.92 Å². The molecule has 34 heavy (non-hydrogen) atoms. The average Bonchev–Trinajstić information content (AvgIpc) is 3.08. The summed E-state index contributed by atoms with van der Waals surface area (Å²) in [5.74, 6) is 3.03. The lowest BCUT2D eigenvalue weighted by atomic mass is 9.50. The third-order valence-corrected chi connectivity index (χ3v) is 16.1. The van der Waals surface area contributed by atoms with Gasteiger partial charge in [-0.2, -0.15) is 0 Å². The molecule has 0 spiro atoms. The highest BCUT2D eigenvalue weighted by atomic mass is 28.4. The molecule has 3 saturated carbocycles. The summed E-state index contributed by atoms with van der Waals surface area (Å²) >= 11 is 0. The molecule has 1 N–H and O–H groups in total. The van der Waals surface area contributed by atoms with Crippen molar-refractivity contribution in [3.05, 3.63) is 23.3 Å². The van der Waals surface area contributed by atoms with Gasteiger partial charge < -0.3 is 9.53 Å². The van der Waals surface area contributed by atoms with Crippen LogP contribution in [0.4, 0.5) is 0 Å². The molecule has 4 aliphatic carbocycles. The van der Waals surface area contributed by atoms with Gasteiger partial charge in [0.05, 0.1) is 6.10 Å². The van der Waals surface area contributed by atoms with Crippen molar-refractivity contribution in [2.45, 2.75) is 137 Å². The summed E-state index contributed by atoms with van der Waals surface area (Å²) in [5, 5.41) is 10.1. The molecular weight excluding hydrogens is 432 g/mol. The summed E-state index contributed by atoms with van der Waals surface area (Å²) in [4.78, 5) is 0. The van der Waals surface area contributed by atoms with Crippen molar-refractivity contribution in [2.24, 2.45) is 34.5 Å². The van der Waals surface area contributed by atoms with Crippen molar-refractivity contribution >= 4 is 8.32 Å². The van der Waals surface area contributed by atoms with Crippen molar-refractivity contribution in [3.8, 4) is 0 Å². The zero-order valence-electron chi connectivity index (χ0n) is 23.8. The van der Waals surface area contributed by atoms with Crippen molar-refractivity contribution in [3.63, 3.8) is 0 Å². The van der Waals surface area contributed by atoms with E-state index in [2.05, 4.69) is 66.8 Å². The normalized spacial score (nSPS) is 39.9. The minimum atomic E-state index is -1.73. The van der Waals surface area contributed by atoms with Gasteiger partial charge in [0, 0.05) is 6.10 Å². The van der Waals surface area contributed by atoms with Crippen LogP contribution in [-0.2, 0) is 4.43 Å². The van der Waals surface area contributed by atoms with Gasteiger partial charge in [-0.3, -0.25) is 0 Å². The Hall–Kier alpha value is -0.383. The standard InChI is InChI=1S/C31H54O2Si/c1-21(10-11-22(2)32)26-14-15-27-25-13-12-23-20-24(33-34(8,9)29(3,4)5)16-18-30(23,6)28(25)17-19-31(26,27)7/h12-13,21-22,24,26-28,32H,10-11,14-20H2,1-9H3/t21-,22?,24+,26-,27+,28+,30+,31-/m1/s1. The molecule has 0 bridgehead atoms. The minimum Gasteiger partial charge on any atom is -0.414 e. The minimum absolute atomic E-state index is 0.163. The molecule has 4 aliphatic rings. The number of aliphatic hydroxyl groups excluding tert-OH is 1. The molecule has 0 heterocycles. The van der Waals surface area contributed by atoms with Crippen molar-refractivity contribution in [2.75, 3.05) is 0 Å². The summed E-state index contributed by atoms with van der Waals surface area (Å²) in [6, 6.07) is 0. The fourth-order valence-electron chi connectivity index (χ4n) is 8.34. The number of hydrogen-bond donors (Lipinski definition) is 1. The third kappa shape index (κ3) is 4.56. The maximum Gasteiger partial charge on any atom is 0.192 e. The van der Waals surface area contributed by atoms with E-state index >= 15 is 0 Å². The fraction of sp³-hybridized carbons (Fsp3) is 0.871. The summed E-state index contributed by atoms with van der Waals surface area (Å²) in [7, 11) is -1.73. The van der Waals surface area contributed by atoms with Crippen LogP contribution in [0.3, 0.4) is 0 Å². The summed E-state index contributed by atoms with van der Waals surface area (Å²) in [6.07, 6.45) is 16.7. The van der Waals surface area contributed by atoms with Crippen LogP contribution in [0.15, 0.2) is 23.3 Å². The monoisotopic (exact) mass is 486 g/mol. The third-order valence-electron chi connectivity index (χ3n) is 11.6. The highest BCUT2D eigenvalue weighted by molar-refractivity contribution is 6.74. The van der Waals surface area contributed by atoms with E-state index in [0.717, 1.165) is 36.5 Å². The van der Waals surface area contributed by atoms with Crippen LogP contribution in [0.5, 0.6) is 0 Å². The van der Waals surface area contributed by atoms with E-state index in [1.165, 1.54) is 44.9 Å². The van der Waals surface area contributed by atoms with Gasteiger partial charge in [-0.05, 0) is 117 Å². The molecule has 1 unspecified atom stereocenters. The Morgan fingerprint density at radius 1 is 1.00 bits per heavy atom. The van der Waals surface area contributed by atoms with Crippen LogP contribution >= 0.6 is 0 Å². The quantitative estimate of drug-likeness (QED) is 0.380. The largest absolute Gasteiger partial charge is 0.414 e. The molecule has 0 aromatic rings. The smallest absolute Gasteiger partial charge is 0.192 e. The highest BCUT2D eigenvalue weighted by Gasteiger charge is 2.57. The fourth-order valence-corrected chi connectivity index (χ4v) is 9.73. The lowest BCUT2D eigenvalue weighted by Gasteiger charge is -2.56. The number of allylic oxidation sites excluding steroid dienone is 3. The van der Waals surface area contributed by atoms with Crippen LogP contribution in [-0.4, -0.2) is 25.6 Å². The second-order valence-electron chi connectivity index (χ2n) is 14.8. The van der Waals surface area contributed by atoms with Crippen molar-refractivity contribution in [1.82, 2.24) is 0 Å². The van der Waals surface area contributed by atoms with Gasteiger partial charge in [0.2, 0.25) is 0 Å². The zero-order chi connectivity index (χ0) is 25.1. The molecule has 0 aromatic heterocycles. The van der Waals surface area contributed by atoms with E-state index in [9.17, 15) is 5.11 Å². The second-order valence-corrected chi connectivity index (χ2v) is 19.5. The number of hydrogen-bond acceptors (Lipinski definition) is 2. The Labute approximate surface area is 212 Å². The first-order valence-electron chi connectivity index (χ1n) is 14.5. The van der Waals surface area contributed by atoms with Gasteiger partial charge in [-0.1, -0.05) is 64.8 Å². The van der Waals surface area contributed by atoms with Gasteiger partial charge in [0.1, 0.15) is 0 Å². The van der Waals surface area contributed by atoms with E-state index in [1.54, 1.807) is 11.1 Å². The SMILES string of the molecule is CC(O)CC[C@@H](C)[C@H]1CC[C@H]2C3=CC=C4C[C@@H](O[Si](C)(C)C(C)(C)C)CC[C@]4(C)[C@H]3CC[C@]12C. The molecule has 0 radical (unpaired) electrons. The molecule has 0 amide bonds. The summed E-state index contributed by atoms with van der Waals surface area (Å²) in [5.41, 5.74) is 4.27. The molecule has 0 aromatic carbocycles. The maximum absolute atomic E-state index is 9.83. The maximum atomic E-state index is 9.83. The topological polar surface area (TPSA) is 29.5 Å². The Morgan fingerprint density at radius 3 is 2.35 bits per heavy atom. The molecular formula is C31H54O2Si. The highest BCUT2D eigenvalue weighted by Crippen LogP contribution is 2.66. The molecule has 0 saturated heterocycles. The molecule has 4 rings (SSSR count). The van der Waals surface area contributed by atoms with E-state index in [4.69, 9.17) is 4.43 Å². The average molecular weight is 487 g/mol. The molecule has 194 valence electrons. The molecule has 3 heteroatoms. The Morgan fingerprint density at radius 2 is 1.71 bits per heavy atom. The first kappa shape index (κ1) is 26.7. The van der Waals surface area contributed by atoms with Gasteiger partial charge >= 0.3 is 0 Å². The van der Waals surface area contributed by atoms with Gasteiger partial charge in [-0.25, -0.2) is 0 Å². The lowest BCUT2D eigenvalue weighted by molar-refractivity contribution is 0.0325. The van der Waals surface area contributed by atoms with Crippen molar-refractivity contribution in [1.29, 1.82) is 0 Å². The van der Waals surface area contributed by atoms with Gasteiger partial charge in [0.25, 0.3) is 0 Å². The second kappa shape index (κ2) is 9.17. The molecule has 0 aliphatic heterocycles. The van der Waals surface area contributed by atoms with Gasteiger partial charge in [-0.15, -0.1) is 0 Å². The Bertz CT molecular complexity index is 818. The number of fused-ring (bicyclic) bond motifs is 5. The summed E-state index contributed by atoms with van der Waals surface area (Å²) in [6.45, 7) is 21.5. The molecule has 3 fully saturated rings. The lowest BCUT2D eigenvalue weighted by Crippen LogP contribution is -2.49. The van der Waals surface area contributed by atoms with Crippen LogP contribution in [0.1, 0.15) is 106 Å². The van der Waals surface area contributed by atoms with Crippen LogP contribution in [0.2, 0.25) is 18.1 Å². The predicted molar refractivity (Wildman–Crippen MR) is 147 cm³/mol. The van der Waals surface area contributed by atoms with Crippen LogP contribution in [0, 0.1) is 34.5 Å². The van der Waals surface area contributed by atoms with Gasteiger partial charge in [0.15, 0.2) is 8.32 Å². The zero-order valence-corrected chi connectivity index (χ0v) is 24.8. The predicted octanol–water partition coefficient (Wildman–Crippen LogP) is 8.67. The van der Waals surface area contributed by atoms with Crippen LogP contribution < -0.4 is 0 Å². The van der Waals surface area contributed by atoms with E-state index in [0.29, 0.717) is 16.9 Å². The Kier molecular flexibility index (Phi) is 7.20. The van der Waals surface area contributed by atoms with Crippen molar-refractivity contribution < 1.29 is 9.53 Å². The van der Waals surface area contributed by atoms with E-state index < -0.39 is 8.32 Å². The summed E-state index contributed by atoms with van der Waals surface area (Å²) < 4.78 is 6.90. The van der Waals surface area contributed by atoms with E-state index in [-0.39, 0.29) is 11.1 Å². The number of rotatable bonds is 6. The molecule has 8 atom stereocenters. The van der Waals surface area contributed by atoms with Crippen LogP contribution in [0.25, 0.3) is 0 Å². The molecule has 2 nitrogen and oxygen atoms in total.